The SMILES string of the molecule is COc1cccc(NC(=O)NCCCN(C(=O)c2ccccc2C)c2cccc(C(F)(F)F)c2)c1. The van der Waals surface area contributed by atoms with Gasteiger partial charge in [-0.05, 0) is 55.3 Å². The number of hydrogen-bond acceptors (Lipinski definition) is 3. The van der Waals surface area contributed by atoms with E-state index in [1.807, 2.05) is 0 Å². The van der Waals surface area contributed by atoms with E-state index in [0.717, 1.165) is 12.1 Å². The molecular weight excluding hydrogens is 459 g/mol. The summed E-state index contributed by atoms with van der Waals surface area (Å²) in [7, 11) is 1.52. The first-order chi connectivity index (χ1) is 16.7. The van der Waals surface area contributed by atoms with Gasteiger partial charge in [0, 0.05) is 36.1 Å². The van der Waals surface area contributed by atoms with Crippen LogP contribution in [0.15, 0.2) is 72.8 Å². The van der Waals surface area contributed by atoms with Gasteiger partial charge in [0.05, 0.1) is 12.7 Å². The van der Waals surface area contributed by atoms with E-state index in [0.29, 0.717) is 29.0 Å². The molecule has 0 aliphatic heterocycles. The average Bonchev–Trinajstić information content (AvgIpc) is 2.83. The Bertz CT molecular complexity index is 1180. The Hall–Kier alpha value is -4.01. The van der Waals surface area contributed by atoms with Crippen LogP contribution in [0.5, 0.6) is 5.75 Å². The molecule has 0 atom stereocenters. The number of benzene rings is 3. The summed E-state index contributed by atoms with van der Waals surface area (Å²) in [5, 5.41) is 5.37. The topological polar surface area (TPSA) is 70.7 Å². The molecule has 3 aromatic carbocycles. The minimum atomic E-state index is -4.53. The second-order valence-electron chi connectivity index (χ2n) is 7.79. The van der Waals surface area contributed by atoms with Crippen molar-refractivity contribution in [3.05, 3.63) is 89.5 Å². The van der Waals surface area contributed by atoms with Crippen LogP contribution in [-0.4, -0.2) is 32.1 Å². The summed E-state index contributed by atoms with van der Waals surface area (Å²) in [6, 6.07) is 18.0. The Morgan fingerprint density at radius 3 is 2.43 bits per heavy atom. The van der Waals surface area contributed by atoms with Crippen molar-refractivity contribution >= 4 is 23.3 Å². The third-order valence-corrected chi connectivity index (χ3v) is 5.28. The van der Waals surface area contributed by atoms with Crippen molar-refractivity contribution < 1.29 is 27.5 Å². The number of nitrogens with zero attached hydrogens (tertiary/aromatic N) is 1. The van der Waals surface area contributed by atoms with Gasteiger partial charge in [-0.15, -0.1) is 0 Å². The van der Waals surface area contributed by atoms with Gasteiger partial charge in [-0.3, -0.25) is 4.79 Å². The predicted molar refractivity (Wildman–Crippen MR) is 129 cm³/mol. The molecule has 184 valence electrons. The summed E-state index contributed by atoms with van der Waals surface area (Å²) in [5.41, 5.74) is 0.948. The lowest BCUT2D eigenvalue weighted by atomic mass is 10.1. The van der Waals surface area contributed by atoms with Gasteiger partial charge in [-0.2, -0.15) is 13.2 Å². The van der Waals surface area contributed by atoms with Crippen LogP contribution < -0.4 is 20.3 Å². The minimum absolute atomic E-state index is 0.105. The lowest BCUT2D eigenvalue weighted by molar-refractivity contribution is -0.137. The lowest BCUT2D eigenvalue weighted by Gasteiger charge is -2.25. The van der Waals surface area contributed by atoms with Crippen molar-refractivity contribution in [2.45, 2.75) is 19.5 Å². The molecular formula is C26H26F3N3O3. The van der Waals surface area contributed by atoms with Crippen LogP contribution in [0.1, 0.15) is 27.9 Å². The molecule has 0 heterocycles. The number of anilines is 2. The largest absolute Gasteiger partial charge is 0.497 e. The summed E-state index contributed by atoms with van der Waals surface area (Å²) >= 11 is 0. The second kappa shape index (κ2) is 11.4. The van der Waals surface area contributed by atoms with Crippen LogP contribution in [0, 0.1) is 6.92 Å². The van der Waals surface area contributed by atoms with E-state index in [1.165, 1.54) is 24.1 Å². The molecule has 35 heavy (non-hydrogen) atoms. The van der Waals surface area contributed by atoms with Gasteiger partial charge >= 0.3 is 12.2 Å². The molecule has 0 bridgehead atoms. The number of hydrogen-bond donors (Lipinski definition) is 2. The molecule has 3 amide bonds. The number of methoxy groups -OCH3 is 1. The van der Waals surface area contributed by atoms with Crippen LogP contribution in [0.3, 0.4) is 0 Å². The molecule has 3 aromatic rings. The Balaban J connectivity index is 1.70. The van der Waals surface area contributed by atoms with Crippen molar-refractivity contribution in [1.29, 1.82) is 0 Å². The number of alkyl halides is 3. The highest BCUT2D eigenvalue weighted by molar-refractivity contribution is 6.07. The molecule has 0 aliphatic rings. The van der Waals surface area contributed by atoms with Crippen LogP contribution in [0.2, 0.25) is 0 Å². The molecule has 0 saturated carbocycles. The number of carbonyl (C=O) groups is 2. The Labute approximate surface area is 201 Å². The monoisotopic (exact) mass is 485 g/mol. The van der Waals surface area contributed by atoms with Gasteiger partial charge in [0.1, 0.15) is 5.75 Å². The fraction of sp³-hybridized carbons (Fsp3) is 0.231. The number of nitrogens with one attached hydrogen (secondary N) is 2. The van der Waals surface area contributed by atoms with E-state index < -0.39 is 23.7 Å². The summed E-state index contributed by atoms with van der Waals surface area (Å²) in [4.78, 5) is 26.8. The first-order valence-electron chi connectivity index (χ1n) is 10.9. The highest BCUT2D eigenvalue weighted by Crippen LogP contribution is 2.32. The first kappa shape index (κ1) is 25.6. The van der Waals surface area contributed by atoms with Crippen molar-refractivity contribution in [2.24, 2.45) is 0 Å². The summed E-state index contributed by atoms with van der Waals surface area (Å²) in [6.45, 7) is 2.07. The molecule has 0 fully saturated rings. The number of urea groups is 1. The van der Waals surface area contributed by atoms with E-state index >= 15 is 0 Å². The van der Waals surface area contributed by atoms with E-state index in [-0.39, 0.29) is 18.8 Å². The van der Waals surface area contributed by atoms with E-state index in [4.69, 9.17) is 4.74 Å². The van der Waals surface area contributed by atoms with Crippen molar-refractivity contribution in [2.75, 3.05) is 30.4 Å². The number of rotatable bonds is 8. The highest BCUT2D eigenvalue weighted by Gasteiger charge is 2.31. The fourth-order valence-corrected chi connectivity index (χ4v) is 3.47. The van der Waals surface area contributed by atoms with Gasteiger partial charge < -0.3 is 20.3 Å². The summed E-state index contributed by atoms with van der Waals surface area (Å²) in [6.07, 6.45) is -4.22. The zero-order valence-corrected chi connectivity index (χ0v) is 19.4. The average molecular weight is 486 g/mol. The molecule has 0 unspecified atom stereocenters. The Kier molecular flexibility index (Phi) is 8.35. The number of amides is 3. The number of aryl methyl sites for hydroxylation is 1. The first-order valence-corrected chi connectivity index (χ1v) is 10.9. The third kappa shape index (κ3) is 6.99. The minimum Gasteiger partial charge on any atom is -0.497 e. The maximum Gasteiger partial charge on any atom is 0.416 e. The molecule has 6 nitrogen and oxygen atoms in total. The van der Waals surface area contributed by atoms with Crippen molar-refractivity contribution in [3.8, 4) is 5.75 Å². The van der Waals surface area contributed by atoms with Gasteiger partial charge in [-0.25, -0.2) is 4.79 Å². The second-order valence-corrected chi connectivity index (χ2v) is 7.79. The molecule has 0 spiro atoms. The van der Waals surface area contributed by atoms with Gasteiger partial charge in [0.25, 0.3) is 5.91 Å². The molecule has 0 saturated heterocycles. The Morgan fingerprint density at radius 1 is 0.971 bits per heavy atom. The van der Waals surface area contributed by atoms with Crippen LogP contribution in [0.4, 0.5) is 29.3 Å². The zero-order chi connectivity index (χ0) is 25.4. The van der Waals surface area contributed by atoms with E-state index in [2.05, 4.69) is 10.6 Å². The van der Waals surface area contributed by atoms with E-state index in [1.54, 1.807) is 55.5 Å². The molecule has 9 heteroatoms. The third-order valence-electron chi connectivity index (χ3n) is 5.28. The quantitative estimate of drug-likeness (QED) is 0.392. The van der Waals surface area contributed by atoms with Crippen molar-refractivity contribution in [1.82, 2.24) is 5.32 Å². The zero-order valence-electron chi connectivity index (χ0n) is 19.4. The van der Waals surface area contributed by atoms with Crippen LogP contribution in [-0.2, 0) is 6.18 Å². The predicted octanol–water partition coefficient (Wildman–Crippen LogP) is 5.88. The van der Waals surface area contributed by atoms with E-state index in [9.17, 15) is 22.8 Å². The number of carbonyl (C=O) groups excluding carboxylic acids is 2. The van der Waals surface area contributed by atoms with Gasteiger partial charge in [-0.1, -0.05) is 30.3 Å². The van der Waals surface area contributed by atoms with Gasteiger partial charge in [0.2, 0.25) is 0 Å². The summed E-state index contributed by atoms with van der Waals surface area (Å²) in [5.74, 6) is 0.178. The van der Waals surface area contributed by atoms with Crippen LogP contribution >= 0.6 is 0 Å². The number of halogens is 3. The lowest BCUT2D eigenvalue weighted by Crippen LogP contribution is -2.36. The number of ether oxygens (including phenoxy) is 1. The molecule has 0 aromatic heterocycles. The summed E-state index contributed by atoms with van der Waals surface area (Å²) < 4.78 is 44.9. The molecule has 0 radical (unpaired) electrons. The molecule has 2 N–H and O–H groups in total. The fourth-order valence-electron chi connectivity index (χ4n) is 3.47. The van der Waals surface area contributed by atoms with Crippen molar-refractivity contribution in [3.63, 3.8) is 0 Å². The maximum absolute atomic E-state index is 13.3. The standard InChI is InChI=1S/C26H26F3N3O3/c1-18-8-3-4-13-23(18)24(33)32(21-11-5-9-19(16-21)26(27,28)29)15-7-14-30-25(34)31-20-10-6-12-22(17-20)35-2/h3-6,8-13,16-17H,7,14-15H2,1-2H3,(H2,30,31,34). The van der Waals surface area contributed by atoms with Crippen LogP contribution in [0.25, 0.3) is 0 Å². The highest BCUT2D eigenvalue weighted by atomic mass is 19.4. The molecule has 3 rings (SSSR count). The Morgan fingerprint density at radius 2 is 1.71 bits per heavy atom. The smallest absolute Gasteiger partial charge is 0.416 e. The normalized spacial score (nSPS) is 11.0. The maximum atomic E-state index is 13.3. The van der Waals surface area contributed by atoms with Gasteiger partial charge in [0.15, 0.2) is 0 Å². The molecule has 0 aliphatic carbocycles.